The molecule has 92 valence electrons. The summed E-state index contributed by atoms with van der Waals surface area (Å²) in [5.74, 6) is -0.964. The first-order chi connectivity index (χ1) is 8.12. The number of hydrogen-bond acceptors (Lipinski definition) is 2. The van der Waals surface area contributed by atoms with Gasteiger partial charge in [0.05, 0.1) is 0 Å². The smallest absolute Gasteiger partial charge is 0.129 e. The van der Waals surface area contributed by atoms with E-state index in [-0.39, 0.29) is 11.5 Å². The lowest BCUT2D eigenvalue weighted by Gasteiger charge is -2.37. The Balaban J connectivity index is 2.04. The number of halogens is 2. The molecule has 1 heterocycles. The molecule has 1 saturated heterocycles. The summed E-state index contributed by atoms with van der Waals surface area (Å²) in [6.45, 7) is 1.82. The second-order valence-electron chi connectivity index (χ2n) is 5.22. The Bertz CT molecular complexity index is 453. The molecule has 1 atom stereocenters. The Morgan fingerprint density at radius 1 is 1.24 bits per heavy atom. The maximum Gasteiger partial charge on any atom is 0.129 e. The van der Waals surface area contributed by atoms with Gasteiger partial charge in [0.1, 0.15) is 11.6 Å². The van der Waals surface area contributed by atoms with Crippen LogP contribution >= 0.6 is 0 Å². The van der Waals surface area contributed by atoms with Crippen LogP contribution in [0.1, 0.15) is 30.0 Å². The molecule has 0 amide bonds. The van der Waals surface area contributed by atoms with E-state index in [1.807, 2.05) is 0 Å². The van der Waals surface area contributed by atoms with E-state index < -0.39 is 11.6 Å². The molecule has 1 unspecified atom stereocenters. The van der Waals surface area contributed by atoms with Gasteiger partial charge in [-0.2, -0.15) is 0 Å². The van der Waals surface area contributed by atoms with Crippen LogP contribution in [0.3, 0.4) is 0 Å². The molecule has 0 saturated carbocycles. The lowest BCUT2D eigenvalue weighted by molar-refractivity contribution is 0.173. The fraction of sp³-hybridized carbons (Fsp3) is 0.538. The third kappa shape index (κ3) is 1.58. The number of nitrogens with two attached hydrogens (primary N) is 1. The van der Waals surface area contributed by atoms with Gasteiger partial charge in [-0.05, 0) is 55.0 Å². The summed E-state index contributed by atoms with van der Waals surface area (Å²) in [7, 11) is 0. The van der Waals surface area contributed by atoms with Gasteiger partial charge in [0, 0.05) is 12.1 Å². The predicted molar refractivity (Wildman–Crippen MR) is 61.5 cm³/mol. The van der Waals surface area contributed by atoms with Crippen molar-refractivity contribution in [1.29, 1.82) is 0 Å². The zero-order valence-electron chi connectivity index (χ0n) is 9.60. The maximum absolute atomic E-state index is 13.8. The van der Waals surface area contributed by atoms with Crippen molar-refractivity contribution in [3.05, 3.63) is 34.9 Å². The lowest BCUT2D eigenvalue weighted by Crippen LogP contribution is -2.42. The van der Waals surface area contributed by atoms with E-state index >= 15 is 0 Å². The van der Waals surface area contributed by atoms with Gasteiger partial charge in [-0.25, -0.2) is 8.78 Å². The van der Waals surface area contributed by atoms with Crippen LogP contribution < -0.4 is 11.1 Å². The Kier molecular flexibility index (Phi) is 2.45. The van der Waals surface area contributed by atoms with E-state index in [1.165, 1.54) is 6.07 Å². The zero-order valence-corrected chi connectivity index (χ0v) is 9.60. The molecule has 4 heteroatoms. The van der Waals surface area contributed by atoms with Crippen LogP contribution in [-0.4, -0.2) is 13.1 Å². The summed E-state index contributed by atoms with van der Waals surface area (Å²) in [5, 5.41) is 3.29. The van der Waals surface area contributed by atoms with Crippen molar-refractivity contribution in [1.82, 2.24) is 5.32 Å². The van der Waals surface area contributed by atoms with Crippen LogP contribution in [-0.2, 0) is 6.42 Å². The monoisotopic (exact) mass is 238 g/mol. The molecule has 0 radical (unpaired) electrons. The Morgan fingerprint density at radius 3 is 2.65 bits per heavy atom. The number of piperidine rings is 1. The highest BCUT2D eigenvalue weighted by atomic mass is 19.1. The fourth-order valence-electron chi connectivity index (χ4n) is 3.29. The van der Waals surface area contributed by atoms with Crippen LogP contribution in [0.2, 0.25) is 0 Å². The van der Waals surface area contributed by atoms with Gasteiger partial charge in [-0.15, -0.1) is 0 Å². The summed E-state index contributed by atoms with van der Waals surface area (Å²) >= 11 is 0. The van der Waals surface area contributed by atoms with Crippen LogP contribution in [0.4, 0.5) is 8.78 Å². The number of fused-ring (bicyclic) bond motifs is 1. The summed E-state index contributed by atoms with van der Waals surface area (Å²) in [5.41, 5.74) is 7.46. The first-order valence-corrected chi connectivity index (χ1v) is 6.06. The molecule has 2 nitrogen and oxygen atoms in total. The molecule has 2 aliphatic rings. The van der Waals surface area contributed by atoms with E-state index in [1.54, 1.807) is 0 Å². The van der Waals surface area contributed by atoms with Crippen molar-refractivity contribution in [3.63, 3.8) is 0 Å². The molecule has 17 heavy (non-hydrogen) atoms. The zero-order chi connectivity index (χ0) is 12.0. The normalized spacial score (nSPS) is 26.2. The lowest BCUT2D eigenvalue weighted by atomic mass is 9.73. The second-order valence-corrected chi connectivity index (χ2v) is 5.22. The average molecular weight is 238 g/mol. The van der Waals surface area contributed by atoms with Crippen molar-refractivity contribution in [3.8, 4) is 0 Å². The molecule has 1 aromatic carbocycles. The number of rotatable bonds is 0. The molecule has 3 N–H and O–H groups in total. The standard InChI is InChI=1S/C13H16F2N2/c14-8-5-9-10(11(15)6-8)7-13(12(9)16)1-3-17-4-2-13/h5-6,12,17H,1-4,7,16H2. The fourth-order valence-corrected chi connectivity index (χ4v) is 3.29. The van der Waals surface area contributed by atoms with E-state index in [0.29, 0.717) is 17.5 Å². The topological polar surface area (TPSA) is 38.0 Å². The Morgan fingerprint density at radius 2 is 1.94 bits per heavy atom. The third-order valence-corrected chi connectivity index (χ3v) is 4.32. The molecule has 3 rings (SSSR count). The minimum Gasteiger partial charge on any atom is -0.323 e. The van der Waals surface area contributed by atoms with Crippen molar-refractivity contribution < 1.29 is 8.78 Å². The summed E-state index contributed by atoms with van der Waals surface area (Å²) < 4.78 is 27.0. The molecule has 0 bridgehead atoms. The largest absolute Gasteiger partial charge is 0.323 e. The Hall–Kier alpha value is -1.00. The quantitative estimate of drug-likeness (QED) is 0.724. The third-order valence-electron chi connectivity index (χ3n) is 4.32. The second kappa shape index (κ2) is 3.75. The van der Waals surface area contributed by atoms with Crippen molar-refractivity contribution in [2.45, 2.75) is 25.3 Å². The highest BCUT2D eigenvalue weighted by Gasteiger charge is 2.45. The maximum atomic E-state index is 13.8. The van der Waals surface area contributed by atoms with Gasteiger partial charge < -0.3 is 11.1 Å². The van der Waals surface area contributed by atoms with Gasteiger partial charge in [0.25, 0.3) is 0 Å². The molecule has 1 aliphatic carbocycles. The number of hydrogen-bond donors (Lipinski definition) is 2. The van der Waals surface area contributed by atoms with Crippen LogP contribution in [0.5, 0.6) is 0 Å². The minimum atomic E-state index is -0.525. The highest BCUT2D eigenvalue weighted by molar-refractivity contribution is 5.39. The van der Waals surface area contributed by atoms with Gasteiger partial charge >= 0.3 is 0 Å². The molecule has 1 fully saturated rings. The minimum absolute atomic E-state index is 0.0672. The van der Waals surface area contributed by atoms with E-state index in [2.05, 4.69) is 5.32 Å². The van der Waals surface area contributed by atoms with Gasteiger partial charge in [-0.1, -0.05) is 0 Å². The molecule has 1 aliphatic heterocycles. The van der Waals surface area contributed by atoms with Crippen molar-refractivity contribution in [2.75, 3.05) is 13.1 Å². The highest BCUT2D eigenvalue weighted by Crippen LogP contribution is 2.50. The van der Waals surface area contributed by atoms with Crippen molar-refractivity contribution >= 4 is 0 Å². The van der Waals surface area contributed by atoms with Gasteiger partial charge in [0.2, 0.25) is 0 Å². The summed E-state index contributed by atoms with van der Waals surface area (Å²) in [6.07, 6.45) is 2.52. The van der Waals surface area contributed by atoms with E-state index in [4.69, 9.17) is 5.73 Å². The number of benzene rings is 1. The van der Waals surface area contributed by atoms with Crippen LogP contribution in [0, 0.1) is 17.0 Å². The van der Waals surface area contributed by atoms with Crippen molar-refractivity contribution in [2.24, 2.45) is 11.1 Å². The molecule has 0 aromatic heterocycles. The molecule has 1 aromatic rings. The number of nitrogens with one attached hydrogen (secondary N) is 1. The average Bonchev–Trinajstić information content (AvgIpc) is 2.56. The van der Waals surface area contributed by atoms with Crippen LogP contribution in [0.15, 0.2) is 12.1 Å². The van der Waals surface area contributed by atoms with E-state index in [0.717, 1.165) is 32.0 Å². The summed E-state index contributed by atoms with van der Waals surface area (Å²) in [4.78, 5) is 0. The predicted octanol–water partition coefficient (Wildman–Crippen LogP) is 1.89. The van der Waals surface area contributed by atoms with E-state index in [9.17, 15) is 8.78 Å². The van der Waals surface area contributed by atoms with Gasteiger partial charge in [-0.3, -0.25) is 0 Å². The molecular weight excluding hydrogens is 222 g/mol. The first kappa shape index (κ1) is 11.1. The summed E-state index contributed by atoms with van der Waals surface area (Å²) in [6, 6.07) is 2.13. The SMILES string of the molecule is NC1c2cc(F)cc(F)c2CC12CCNCC2. The molecule has 1 spiro atoms. The Labute approximate surface area is 99.2 Å². The first-order valence-electron chi connectivity index (χ1n) is 6.06. The van der Waals surface area contributed by atoms with Crippen LogP contribution in [0.25, 0.3) is 0 Å². The molecular formula is C13H16F2N2. The van der Waals surface area contributed by atoms with Gasteiger partial charge in [0.15, 0.2) is 0 Å².